The number of carboxylic acids is 1. The van der Waals surface area contributed by atoms with Crippen LogP contribution in [0.5, 0.6) is 5.75 Å². The van der Waals surface area contributed by atoms with Gasteiger partial charge in [-0.15, -0.1) is 0 Å². The van der Waals surface area contributed by atoms with Crippen LogP contribution in [0.1, 0.15) is 18.1 Å². The molecule has 2 atom stereocenters. The maximum Gasteiger partial charge on any atom is 0.328 e. The van der Waals surface area contributed by atoms with Crippen LogP contribution >= 0.6 is 0 Å². The number of nitrogens with one attached hydrogen (secondary N) is 1. The average Bonchev–Trinajstić information content (AvgIpc) is 2.31. The number of aliphatic carboxylic acids is 1. The van der Waals surface area contributed by atoms with Crippen LogP contribution in [-0.2, 0) is 9.59 Å². The standard InChI is InChI=1S/C14H19NO5/c1-8-4-9(2)6-11(5-8)20-7-12(17)15-13(10(3)16)14(18)19/h4-6,10,13,16H,7H2,1-3H3,(H,15,17)(H,18,19). The molecule has 6 heteroatoms. The highest BCUT2D eigenvalue weighted by molar-refractivity contribution is 5.84. The second-order valence-corrected chi connectivity index (χ2v) is 4.74. The minimum atomic E-state index is -1.34. The highest BCUT2D eigenvalue weighted by Gasteiger charge is 2.24. The van der Waals surface area contributed by atoms with Crippen molar-refractivity contribution in [3.8, 4) is 5.75 Å². The molecule has 1 rings (SSSR count). The van der Waals surface area contributed by atoms with Gasteiger partial charge >= 0.3 is 5.97 Å². The lowest BCUT2D eigenvalue weighted by Crippen LogP contribution is -2.49. The van der Waals surface area contributed by atoms with Crippen LogP contribution in [0.25, 0.3) is 0 Å². The maximum absolute atomic E-state index is 11.6. The quantitative estimate of drug-likeness (QED) is 0.711. The van der Waals surface area contributed by atoms with E-state index in [0.717, 1.165) is 11.1 Å². The van der Waals surface area contributed by atoms with E-state index in [1.54, 1.807) is 12.1 Å². The van der Waals surface area contributed by atoms with Crippen LogP contribution in [0, 0.1) is 13.8 Å². The smallest absolute Gasteiger partial charge is 0.328 e. The lowest BCUT2D eigenvalue weighted by molar-refractivity contribution is -0.145. The molecule has 0 spiro atoms. The lowest BCUT2D eigenvalue weighted by Gasteiger charge is -2.17. The second-order valence-electron chi connectivity index (χ2n) is 4.74. The van der Waals surface area contributed by atoms with Crippen molar-refractivity contribution in [2.45, 2.75) is 32.9 Å². The van der Waals surface area contributed by atoms with E-state index in [-0.39, 0.29) is 6.61 Å². The lowest BCUT2D eigenvalue weighted by atomic mass is 10.1. The van der Waals surface area contributed by atoms with Crippen molar-refractivity contribution < 1.29 is 24.5 Å². The van der Waals surface area contributed by atoms with Crippen LogP contribution < -0.4 is 10.1 Å². The predicted octanol–water partition coefficient (Wildman–Crippen LogP) is 0.632. The second kappa shape index (κ2) is 6.91. The molecular formula is C14H19NO5. The van der Waals surface area contributed by atoms with Crippen LogP contribution in [-0.4, -0.2) is 40.8 Å². The fraction of sp³-hybridized carbons (Fsp3) is 0.429. The van der Waals surface area contributed by atoms with Gasteiger partial charge in [0.25, 0.3) is 5.91 Å². The predicted molar refractivity (Wildman–Crippen MR) is 72.7 cm³/mol. The molecule has 0 radical (unpaired) electrons. The molecule has 1 aromatic carbocycles. The number of carbonyl (C=O) groups excluding carboxylic acids is 1. The van der Waals surface area contributed by atoms with Crippen molar-refractivity contribution in [1.29, 1.82) is 0 Å². The highest BCUT2D eigenvalue weighted by Crippen LogP contribution is 2.15. The van der Waals surface area contributed by atoms with Crippen molar-refractivity contribution in [2.24, 2.45) is 0 Å². The molecule has 0 fully saturated rings. The highest BCUT2D eigenvalue weighted by atomic mass is 16.5. The van der Waals surface area contributed by atoms with E-state index in [1.165, 1.54) is 6.92 Å². The Morgan fingerprint density at radius 2 is 1.80 bits per heavy atom. The molecule has 6 nitrogen and oxygen atoms in total. The molecule has 0 saturated heterocycles. The summed E-state index contributed by atoms with van der Waals surface area (Å²) < 4.78 is 5.30. The summed E-state index contributed by atoms with van der Waals surface area (Å²) in [5.74, 6) is -1.35. The van der Waals surface area contributed by atoms with Crippen LogP contribution in [0.4, 0.5) is 0 Å². The van der Waals surface area contributed by atoms with E-state index in [1.807, 2.05) is 19.9 Å². The molecule has 110 valence electrons. The third kappa shape index (κ3) is 4.89. The minimum absolute atomic E-state index is 0.306. The topological polar surface area (TPSA) is 95.9 Å². The maximum atomic E-state index is 11.6. The molecule has 0 aliphatic rings. The van der Waals surface area contributed by atoms with Crippen LogP contribution in [0.15, 0.2) is 18.2 Å². The summed E-state index contributed by atoms with van der Waals surface area (Å²) in [6.45, 7) is 4.81. The average molecular weight is 281 g/mol. The van der Waals surface area contributed by atoms with E-state index < -0.39 is 24.0 Å². The van der Waals surface area contributed by atoms with E-state index >= 15 is 0 Å². The summed E-state index contributed by atoms with van der Waals surface area (Å²) >= 11 is 0. The van der Waals surface area contributed by atoms with E-state index in [9.17, 15) is 14.7 Å². The third-order valence-corrected chi connectivity index (χ3v) is 2.63. The van der Waals surface area contributed by atoms with Gasteiger partial charge in [-0.1, -0.05) is 6.07 Å². The number of amides is 1. The SMILES string of the molecule is Cc1cc(C)cc(OCC(=O)NC(C(=O)O)C(C)O)c1. The van der Waals surface area contributed by atoms with Gasteiger partial charge in [0.15, 0.2) is 12.6 Å². The summed E-state index contributed by atoms with van der Waals surface area (Å²) in [5, 5.41) is 20.3. The number of carbonyl (C=O) groups is 2. The van der Waals surface area contributed by atoms with Crippen molar-refractivity contribution in [1.82, 2.24) is 5.32 Å². The van der Waals surface area contributed by atoms with Crippen molar-refractivity contribution in [2.75, 3.05) is 6.61 Å². The Morgan fingerprint density at radius 3 is 2.25 bits per heavy atom. The molecule has 1 amide bonds. The van der Waals surface area contributed by atoms with Crippen molar-refractivity contribution in [3.63, 3.8) is 0 Å². The molecule has 0 aromatic heterocycles. The number of carboxylic acid groups (broad SMARTS) is 1. The number of aliphatic hydroxyl groups is 1. The first-order valence-electron chi connectivity index (χ1n) is 6.21. The summed E-state index contributed by atoms with van der Waals surface area (Å²) in [4.78, 5) is 22.4. The number of rotatable bonds is 6. The van der Waals surface area contributed by atoms with Crippen molar-refractivity contribution in [3.05, 3.63) is 29.3 Å². The fourth-order valence-electron chi connectivity index (χ4n) is 1.77. The number of ether oxygens (including phenoxy) is 1. The molecule has 3 N–H and O–H groups in total. The molecule has 0 heterocycles. The fourth-order valence-corrected chi connectivity index (χ4v) is 1.77. The van der Waals surface area contributed by atoms with Gasteiger partial charge in [-0.05, 0) is 44.0 Å². The molecule has 1 aromatic rings. The zero-order chi connectivity index (χ0) is 15.3. The number of aryl methyl sites for hydroxylation is 2. The molecule has 2 unspecified atom stereocenters. The Bertz CT molecular complexity index is 478. The van der Waals surface area contributed by atoms with Crippen molar-refractivity contribution >= 4 is 11.9 Å². The van der Waals surface area contributed by atoms with Gasteiger partial charge in [0.05, 0.1) is 6.10 Å². The molecule has 0 aliphatic carbocycles. The normalized spacial score (nSPS) is 13.4. The molecule has 0 bridgehead atoms. The first-order chi connectivity index (χ1) is 9.29. The molecule has 0 aliphatic heterocycles. The van der Waals surface area contributed by atoms with Gasteiger partial charge in [0, 0.05) is 0 Å². The molecular weight excluding hydrogens is 262 g/mol. The Hall–Kier alpha value is -2.08. The van der Waals surface area contributed by atoms with Gasteiger partial charge in [-0.2, -0.15) is 0 Å². The van der Waals surface area contributed by atoms with Gasteiger partial charge in [0.1, 0.15) is 5.75 Å². The van der Waals surface area contributed by atoms with Gasteiger partial charge in [0.2, 0.25) is 0 Å². The zero-order valence-electron chi connectivity index (χ0n) is 11.7. The Morgan fingerprint density at radius 1 is 1.25 bits per heavy atom. The molecule has 20 heavy (non-hydrogen) atoms. The zero-order valence-corrected chi connectivity index (χ0v) is 11.7. The van der Waals surface area contributed by atoms with E-state index in [0.29, 0.717) is 5.75 Å². The number of hydrogen-bond donors (Lipinski definition) is 3. The first kappa shape index (κ1) is 16.0. The Balaban J connectivity index is 2.56. The van der Waals surface area contributed by atoms with E-state index in [4.69, 9.17) is 9.84 Å². The van der Waals surface area contributed by atoms with Gasteiger partial charge < -0.3 is 20.3 Å². The first-order valence-corrected chi connectivity index (χ1v) is 6.21. The van der Waals surface area contributed by atoms with E-state index in [2.05, 4.69) is 5.32 Å². The Kier molecular flexibility index (Phi) is 5.52. The number of benzene rings is 1. The summed E-state index contributed by atoms with van der Waals surface area (Å²) in [6, 6.07) is 4.19. The summed E-state index contributed by atoms with van der Waals surface area (Å²) in [7, 11) is 0. The summed E-state index contributed by atoms with van der Waals surface area (Å²) in [6.07, 6.45) is -1.18. The largest absolute Gasteiger partial charge is 0.484 e. The molecule has 0 saturated carbocycles. The van der Waals surface area contributed by atoms with Crippen LogP contribution in [0.3, 0.4) is 0 Å². The van der Waals surface area contributed by atoms with Gasteiger partial charge in [-0.3, -0.25) is 4.79 Å². The monoisotopic (exact) mass is 281 g/mol. The van der Waals surface area contributed by atoms with Crippen LogP contribution in [0.2, 0.25) is 0 Å². The number of aliphatic hydroxyl groups excluding tert-OH is 1. The Labute approximate surface area is 117 Å². The summed E-state index contributed by atoms with van der Waals surface area (Å²) in [5.41, 5.74) is 2.01. The number of hydrogen-bond acceptors (Lipinski definition) is 4. The minimum Gasteiger partial charge on any atom is -0.484 e. The van der Waals surface area contributed by atoms with Gasteiger partial charge in [-0.25, -0.2) is 4.79 Å². The third-order valence-electron chi connectivity index (χ3n) is 2.63.